The molecule has 2 aromatic carbocycles. The van der Waals surface area contributed by atoms with Crippen molar-refractivity contribution < 1.29 is 9.53 Å². The van der Waals surface area contributed by atoms with Crippen molar-refractivity contribution in [1.29, 1.82) is 0 Å². The summed E-state index contributed by atoms with van der Waals surface area (Å²) >= 11 is 0. The molecule has 3 rings (SSSR count). The fourth-order valence-corrected chi connectivity index (χ4v) is 2.77. The van der Waals surface area contributed by atoms with Crippen LogP contribution in [0.3, 0.4) is 0 Å². The van der Waals surface area contributed by atoms with Crippen molar-refractivity contribution in [1.82, 2.24) is 15.6 Å². The van der Waals surface area contributed by atoms with Crippen LogP contribution in [0.4, 0.5) is 0 Å². The van der Waals surface area contributed by atoms with E-state index in [-0.39, 0.29) is 5.91 Å². The van der Waals surface area contributed by atoms with Gasteiger partial charge in [0.15, 0.2) is 0 Å². The summed E-state index contributed by atoms with van der Waals surface area (Å²) in [5.74, 6) is 0.482. The largest absolute Gasteiger partial charge is 0.494 e. The SMILES string of the molecule is CCCCCOc1ccc(-c2cc(C(=O)N/N=C\C=C\c3ccccc3)[nH]n2)cc1. The number of unbranched alkanes of at least 4 members (excludes halogenated alkanes) is 2. The van der Waals surface area contributed by atoms with Crippen LogP contribution in [0.25, 0.3) is 17.3 Å². The molecule has 0 bridgehead atoms. The second-order valence-corrected chi connectivity index (χ2v) is 6.74. The van der Waals surface area contributed by atoms with Crippen molar-refractivity contribution in [2.45, 2.75) is 26.2 Å². The lowest BCUT2D eigenvalue weighted by molar-refractivity contribution is 0.0950. The molecule has 0 radical (unpaired) electrons. The number of H-pyrrole nitrogens is 1. The number of aromatic amines is 1. The van der Waals surface area contributed by atoms with Crippen molar-refractivity contribution in [2.75, 3.05) is 6.61 Å². The van der Waals surface area contributed by atoms with Gasteiger partial charge in [0, 0.05) is 11.8 Å². The first-order valence-corrected chi connectivity index (χ1v) is 10.1. The lowest BCUT2D eigenvalue weighted by Crippen LogP contribution is -2.17. The van der Waals surface area contributed by atoms with E-state index in [0.29, 0.717) is 11.4 Å². The second kappa shape index (κ2) is 11.4. The van der Waals surface area contributed by atoms with Crippen molar-refractivity contribution in [3.05, 3.63) is 78.0 Å². The molecule has 1 heterocycles. The molecule has 6 nitrogen and oxygen atoms in total. The Morgan fingerprint density at radius 3 is 2.70 bits per heavy atom. The van der Waals surface area contributed by atoms with Crippen LogP contribution in [0.5, 0.6) is 5.75 Å². The first-order chi connectivity index (χ1) is 14.8. The number of nitrogens with one attached hydrogen (secondary N) is 2. The number of benzene rings is 2. The van der Waals surface area contributed by atoms with Gasteiger partial charge in [0.25, 0.3) is 5.91 Å². The number of hydrazone groups is 1. The maximum atomic E-state index is 12.2. The van der Waals surface area contributed by atoms with Gasteiger partial charge in [-0.25, -0.2) is 5.43 Å². The Hall–Kier alpha value is -3.67. The first kappa shape index (κ1) is 21.0. The van der Waals surface area contributed by atoms with Gasteiger partial charge in [-0.05, 0) is 48.4 Å². The smallest absolute Gasteiger partial charge is 0.289 e. The van der Waals surface area contributed by atoms with Crippen LogP contribution >= 0.6 is 0 Å². The van der Waals surface area contributed by atoms with Gasteiger partial charge in [0.05, 0.1) is 12.3 Å². The normalized spacial score (nSPS) is 11.2. The quantitative estimate of drug-likeness (QED) is 0.282. The predicted octanol–water partition coefficient (Wildman–Crippen LogP) is 5.07. The summed E-state index contributed by atoms with van der Waals surface area (Å²) in [5, 5.41) is 10.9. The minimum atomic E-state index is -0.353. The molecule has 1 aromatic heterocycles. The summed E-state index contributed by atoms with van der Waals surface area (Å²) < 4.78 is 5.72. The van der Waals surface area contributed by atoms with E-state index in [1.165, 1.54) is 19.1 Å². The maximum absolute atomic E-state index is 12.2. The lowest BCUT2D eigenvalue weighted by Gasteiger charge is -2.06. The molecule has 0 fully saturated rings. The number of nitrogens with zero attached hydrogens (tertiary/aromatic N) is 2. The highest BCUT2D eigenvalue weighted by Gasteiger charge is 2.10. The average molecular weight is 402 g/mol. The molecule has 3 aromatic rings. The summed E-state index contributed by atoms with van der Waals surface area (Å²) in [7, 11) is 0. The van der Waals surface area contributed by atoms with E-state index in [2.05, 4.69) is 27.6 Å². The molecular weight excluding hydrogens is 376 g/mol. The summed E-state index contributed by atoms with van der Waals surface area (Å²) in [5.41, 5.74) is 5.47. The van der Waals surface area contributed by atoms with Gasteiger partial charge in [0.2, 0.25) is 0 Å². The molecule has 0 saturated carbocycles. The zero-order valence-electron chi connectivity index (χ0n) is 17.0. The molecule has 0 saturated heterocycles. The number of hydrogen-bond acceptors (Lipinski definition) is 4. The van der Waals surface area contributed by atoms with Gasteiger partial charge < -0.3 is 4.74 Å². The molecule has 2 N–H and O–H groups in total. The molecule has 30 heavy (non-hydrogen) atoms. The summed E-state index contributed by atoms with van der Waals surface area (Å²) in [4.78, 5) is 12.2. The number of amides is 1. The van der Waals surface area contributed by atoms with Crippen molar-refractivity contribution >= 4 is 18.2 Å². The Morgan fingerprint density at radius 1 is 1.13 bits per heavy atom. The summed E-state index contributed by atoms with van der Waals surface area (Å²) in [6.45, 7) is 2.89. The van der Waals surface area contributed by atoms with Crippen LogP contribution in [0.15, 0.2) is 71.8 Å². The monoisotopic (exact) mass is 402 g/mol. The van der Waals surface area contributed by atoms with E-state index in [1.54, 1.807) is 12.1 Å². The van der Waals surface area contributed by atoms with Gasteiger partial charge in [0.1, 0.15) is 11.4 Å². The maximum Gasteiger partial charge on any atom is 0.289 e. The van der Waals surface area contributed by atoms with E-state index < -0.39 is 0 Å². The summed E-state index contributed by atoms with van der Waals surface area (Å²) in [6, 6.07) is 19.2. The minimum Gasteiger partial charge on any atom is -0.494 e. The highest BCUT2D eigenvalue weighted by Crippen LogP contribution is 2.21. The molecule has 6 heteroatoms. The van der Waals surface area contributed by atoms with Crippen LogP contribution in [0.2, 0.25) is 0 Å². The zero-order valence-corrected chi connectivity index (χ0v) is 17.0. The number of allylic oxidation sites excluding steroid dienone is 1. The number of aromatic nitrogens is 2. The number of carbonyl (C=O) groups is 1. The fraction of sp³-hybridized carbons (Fsp3) is 0.208. The third-order valence-corrected chi connectivity index (χ3v) is 4.40. The molecule has 0 unspecified atom stereocenters. The summed E-state index contributed by atoms with van der Waals surface area (Å²) in [6.07, 6.45) is 8.60. The van der Waals surface area contributed by atoms with Crippen molar-refractivity contribution in [2.24, 2.45) is 5.10 Å². The molecule has 0 spiro atoms. The highest BCUT2D eigenvalue weighted by atomic mass is 16.5. The van der Waals surface area contributed by atoms with E-state index in [9.17, 15) is 4.79 Å². The van der Waals surface area contributed by atoms with Crippen molar-refractivity contribution in [3.63, 3.8) is 0 Å². The fourth-order valence-electron chi connectivity index (χ4n) is 2.77. The van der Waals surface area contributed by atoms with E-state index >= 15 is 0 Å². The molecule has 0 aliphatic heterocycles. The van der Waals surface area contributed by atoms with Gasteiger partial charge in [-0.2, -0.15) is 10.2 Å². The number of hydrogen-bond donors (Lipinski definition) is 2. The topological polar surface area (TPSA) is 79.4 Å². The third kappa shape index (κ3) is 6.44. The Bertz CT molecular complexity index is 976. The van der Waals surface area contributed by atoms with Crippen LogP contribution in [0, 0.1) is 0 Å². The molecule has 154 valence electrons. The predicted molar refractivity (Wildman–Crippen MR) is 120 cm³/mol. The van der Waals surface area contributed by atoms with Crippen LogP contribution in [-0.2, 0) is 0 Å². The van der Waals surface area contributed by atoms with Gasteiger partial charge in [-0.1, -0.05) is 56.2 Å². The third-order valence-electron chi connectivity index (χ3n) is 4.40. The highest BCUT2D eigenvalue weighted by molar-refractivity contribution is 5.94. The molecule has 0 aliphatic carbocycles. The van der Waals surface area contributed by atoms with Gasteiger partial charge in [-0.15, -0.1) is 0 Å². The van der Waals surface area contributed by atoms with Gasteiger partial charge in [-0.3, -0.25) is 9.89 Å². The molecule has 1 amide bonds. The van der Waals surface area contributed by atoms with Gasteiger partial charge >= 0.3 is 0 Å². The van der Waals surface area contributed by atoms with E-state index in [4.69, 9.17) is 4.74 Å². The number of rotatable bonds is 10. The Kier molecular flexibility index (Phi) is 7.97. The molecule has 0 atom stereocenters. The zero-order chi connectivity index (χ0) is 21.0. The number of ether oxygens (including phenoxy) is 1. The number of carbonyl (C=O) groups excluding carboxylic acids is 1. The lowest BCUT2D eigenvalue weighted by atomic mass is 10.1. The Morgan fingerprint density at radius 2 is 1.93 bits per heavy atom. The van der Waals surface area contributed by atoms with Crippen LogP contribution in [-0.4, -0.2) is 28.9 Å². The van der Waals surface area contributed by atoms with Crippen LogP contribution in [0.1, 0.15) is 42.2 Å². The Labute approximate surface area is 176 Å². The molecule has 0 aliphatic rings. The van der Waals surface area contributed by atoms with Crippen molar-refractivity contribution in [3.8, 4) is 17.0 Å². The van der Waals surface area contributed by atoms with E-state index in [1.807, 2.05) is 60.7 Å². The average Bonchev–Trinajstić information content (AvgIpc) is 3.28. The minimum absolute atomic E-state index is 0.342. The van der Waals surface area contributed by atoms with E-state index in [0.717, 1.165) is 29.9 Å². The molecular formula is C24H26N4O2. The first-order valence-electron chi connectivity index (χ1n) is 10.1. The standard InChI is InChI=1S/C24H26N4O2/c1-2-3-7-17-30-21-14-12-20(13-15-21)22-18-23(27-26-22)24(29)28-25-16-8-11-19-9-5-4-6-10-19/h4-6,8-16,18H,2-3,7,17H2,1H3,(H,26,27)(H,28,29)/b11-8+,25-16-. The Balaban J connectivity index is 1.50. The second-order valence-electron chi connectivity index (χ2n) is 6.74. The van der Waals surface area contributed by atoms with Crippen LogP contribution < -0.4 is 10.2 Å².